The molecule has 0 spiro atoms. The van der Waals surface area contributed by atoms with Crippen molar-refractivity contribution in [1.82, 2.24) is 19.7 Å². The maximum atomic E-state index is 13.2. The van der Waals surface area contributed by atoms with Crippen molar-refractivity contribution in [2.75, 3.05) is 25.1 Å². The van der Waals surface area contributed by atoms with Gasteiger partial charge in [0.15, 0.2) is 0 Å². The summed E-state index contributed by atoms with van der Waals surface area (Å²) >= 11 is 0. The van der Waals surface area contributed by atoms with Crippen LogP contribution >= 0.6 is 0 Å². The van der Waals surface area contributed by atoms with Crippen molar-refractivity contribution in [3.8, 4) is 5.75 Å². The number of amides is 1. The summed E-state index contributed by atoms with van der Waals surface area (Å²) in [5.74, 6) is 2.66. The molecule has 0 saturated heterocycles. The molecule has 2 aromatic rings. The van der Waals surface area contributed by atoms with Gasteiger partial charge in [0.1, 0.15) is 30.0 Å². The van der Waals surface area contributed by atoms with Gasteiger partial charge in [0.2, 0.25) is 5.91 Å². The van der Waals surface area contributed by atoms with Crippen LogP contribution in [0.1, 0.15) is 17.2 Å². The molecule has 126 valence electrons. The first-order valence-electron chi connectivity index (χ1n) is 8.18. The number of hydrogen-bond donors (Lipinski definition) is 0. The summed E-state index contributed by atoms with van der Waals surface area (Å²) in [6.07, 6.45) is 0. The molecule has 1 aromatic carbocycles. The molecule has 0 bridgehead atoms. The number of likely N-dealkylation sites (N-methyl/N-ethyl adjacent to an activating group) is 1. The van der Waals surface area contributed by atoms with E-state index in [9.17, 15) is 4.79 Å². The minimum atomic E-state index is -0.223. The number of aryl methyl sites for hydroxylation is 2. The Morgan fingerprint density at radius 3 is 2.96 bits per heavy atom. The number of aromatic nitrogens is 3. The van der Waals surface area contributed by atoms with Crippen LogP contribution < -0.4 is 9.64 Å². The molecule has 0 fully saturated rings. The first kappa shape index (κ1) is 15.1. The molecule has 0 aliphatic carbocycles. The SMILES string of the molecule is Cc1ccc2c(c1)OCCN2C(=O)C1Cn2c(C)nnc2CN1C. The average molecular weight is 327 g/mol. The zero-order chi connectivity index (χ0) is 16.8. The fraction of sp³-hybridized carbons (Fsp3) is 0.471. The van der Waals surface area contributed by atoms with Gasteiger partial charge in [0.25, 0.3) is 0 Å². The molecule has 0 radical (unpaired) electrons. The molecule has 2 aliphatic heterocycles. The summed E-state index contributed by atoms with van der Waals surface area (Å²) in [7, 11) is 1.96. The largest absolute Gasteiger partial charge is 0.490 e. The van der Waals surface area contributed by atoms with Gasteiger partial charge in [-0.1, -0.05) is 6.07 Å². The molecular weight excluding hydrogens is 306 g/mol. The highest BCUT2D eigenvalue weighted by Gasteiger charge is 2.36. The third kappa shape index (κ3) is 2.36. The molecule has 24 heavy (non-hydrogen) atoms. The monoisotopic (exact) mass is 327 g/mol. The molecule has 1 unspecified atom stereocenters. The van der Waals surface area contributed by atoms with E-state index in [0.29, 0.717) is 26.2 Å². The van der Waals surface area contributed by atoms with Crippen molar-refractivity contribution < 1.29 is 9.53 Å². The van der Waals surface area contributed by atoms with Crippen LogP contribution in [0.25, 0.3) is 0 Å². The van der Waals surface area contributed by atoms with E-state index >= 15 is 0 Å². The lowest BCUT2D eigenvalue weighted by atomic mass is 10.1. The quantitative estimate of drug-likeness (QED) is 0.786. The van der Waals surface area contributed by atoms with E-state index in [1.807, 2.05) is 48.6 Å². The van der Waals surface area contributed by atoms with Crippen LogP contribution in [0.15, 0.2) is 18.2 Å². The Morgan fingerprint density at radius 1 is 1.29 bits per heavy atom. The standard InChI is InChI=1S/C17H21N5O2/c1-11-4-5-13-15(8-11)24-7-6-21(13)17(23)14-9-22-12(2)18-19-16(22)10-20(14)3/h4-5,8,14H,6-7,9-10H2,1-3H3. The normalized spacial score (nSPS) is 20.3. The van der Waals surface area contributed by atoms with Crippen LogP contribution in [0.5, 0.6) is 5.75 Å². The molecule has 0 N–H and O–H groups in total. The van der Waals surface area contributed by atoms with E-state index in [0.717, 1.165) is 28.6 Å². The summed E-state index contributed by atoms with van der Waals surface area (Å²) in [5.41, 5.74) is 1.99. The van der Waals surface area contributed by atoms with E-state index in [1.54, 1.807) is 0 Å². The zero-order valence-electron chi connectivity index (χ0n) is 14.2. The molecule has 4 rings (SSSR count). The van der Waals surface area contributed by atoms with Crippen molar-refractivity contribution in [2.45, 2.75) is 33.0 Å². The van der Waals surface area contributed by atoms with Crippen LogP contribution in [0, 0.1) is 13.8 Å². The van der Waals surface area contributed by atoms with Crippen molar-refractivity contribution in [3.63, 3.8) is 0 Å². The summed E-state index contributed by atoms with van der Waals surface area (Å²) in [4.78, 5) is 17.1. The van der Waals surface area contributed by atoms with Gasteiger partial charge < -0.3 is 14.2 Å². The number of fused-ring (bicyclic) bond motifs is 2. The lowest BCUT2D eigenvalue weighted by molar-refractivity contribution is -0.125. The van der Waals surface area contributed by atoms with E-state index in [1.165, 1.54) is 0 Å². The number of nitrogens with zero attached hydrogens (tertiary/aromatic N) is 5. The van der Waals surface area contributed by atoms with Crippen molar-refractivity contribution in [2.24, 2.45) is 0 Å². The highest BCUT2D eigenvalue weighted by molar-refractivity contribution is 5.98. The predicted molar refractivity (Wildman–Crippen MR) is 89.0 cm³/mol. The number of rotatable bonds is 1. The fourth-order valence-electron chi connectivity index (χ4n) is 3.43. The van der Waals surface area contributed by atoms with Gasteiger partial charge in [-0.25, -0.2) is 0 Å². The lowest BCUT2D eigenvalue weighted by Gasteiger charge is -2.37. The van der Waals surface area contributed by atoms with Gasteiger partial charge in [-0.3, -0.25) is 9.69 Å². The van der Waals surface area contributed by atoms with Crippen LogP contribution in [-0.2, 0) is 17.9 Å². The third-order valence-corrected chi connectivity index (χ3v) is 4.82. The summed E-state index contributed by atoms with van der Waals surface area (Å²) < 4.78 is 7.77. The highest BCUT2D eigenvalue weighted by atomic mass is 16.5. The van der Waals surface area contributed by atoms with E-state index in [2.05, 4.69) is 15.1 Å². The number of benzene rings is 1. The topological polar surface area (TPSA) is 63.5 Å². The number of carbonyl (C=O) groups excluding carboxylic acids is 1. The highest BCUT2D eigenvalue weighted by Crippen LogP contribution is 2.33. The second-order valence-electron chi connectivity index (χ2n) is 6.51. The van der Waals surface area contributed by atoms with Crippen molar-refractivity contribution >= 4 is 11.6 Å². The molecule has 7 nitrogen and oxygen atoms in total. The smallest absolute Gasteiger partial charge is 0.246 e. The minimum absolute atomic E-state index is 0.102. The van der Waals surface area contributed by atoms with E-state index < -0.39 is 0 Å². The molecular formula is C17H21N5O2. The summed E-state index contributed by atoms with van der Waals surface area (Å²) in [6.45, 7) is 6.26. The Balaban J connectivity index is 1.64. The maximum absolute atomic E-state index is 13.2. The van der Waals surface area contributed by atoms with Crippen LogP contribution in [-0.4, -0.2) is 51.8 Å². The Bertz CT molecular complexity index is 800. The first-order chi connectivity index (χ1) is 11.5. The van der Waals surface area contributed by atoms with Crippen molar-refractivity contribution in [1.29, 1.82) is 0 Å². The van der Waals surface area contributed by atoms with Crippen molar-refractivity contribution in [3.05, 3.63) is 35.4 Å². The fourth-order valence-corrected chi connectivity index (χ4v) is 3.43. The zero-order valence-corrected chi connectivity index (χ0v) is 14.2. The first-order valence-corrected chi connectivity index (χ1v) is 8.18. The number of hydrogen-bond acceptors (Lipinski definition) is 5. The summed E-state index contributed by atoms with van der Waals surface area (Å²) in [5, 5.41) is 8.31. The molecule has 1 amide bonds. The number of carbonyl (C=O) groups is 1. The second-order valence-corrected chi connectivity index (χ2v) is 6.51. The minimum Gasteiger partial charge on any atom is -0.490 e. The van der Waals surface area contributed by atoms with Gasteiger partial charge >= 0.3 is 0 Å². The number of anilines is 1. The Hall–Kier alpha value is -2.41. The summed E-state index contributed by atoms with van der Waals surface area (Å²) in [6, 6.07) is 5.75. The second kappa shape index (κ2) is 5.59. The molecule has 2 aliphatic rings. The van der Waals surface area contributed by atoms with Gasteiger partial charge in [-0.15, -0.1) is 10.2 Å². The maximum Gasteiger partial charge on any atom is 0.246 e. The lowest BCUT2D eigenvalue weighted by Crippen LogP contribution is -2.53. The Morgan fingerprint density at radius 2 is 2.12 bits per heavy atom. The average Bonchev–Trinajstić information content (AvgIpc) is 2.92. The van der Waals surface area contributed by atoms with Gasteiger partial charge in [0, 0.05) is 0 Å². The number of ether oxygens (including phenoxy) is 1. The Labute approximate surface area is 140 Å². The molecule has 7 heteroatoms. The molecule has 3 heterocycles. The van der Waals surface area contributed by atoms with Gasteiger partial charge in [0.05, 0.1) is 25.3 Å². The van der Waals surface area contributed by atoms with Gasteiger partial charge in [-0.05, 0) is 38.6 Å². The van der Waals surface area contributed by atoms with E-state index in [-0.39, 0.29) is 11.9 Å². The van der Waals surface area contributed by atoms with E-state index in [4.69, 9.17) is 4.74 Å². The van der Waals surface area contributed by atoms with Crippen LogP contribution in [0.4, 0.5) is 5.69 Å². The molecule has 1 aromatic heterocycles. The molecule has 1 atom stereocenters. The molecule has 0 saturated carbocycles. The predicted octanol–water partition coefficient (Wildman–Crippen LogP) is 1.13. The third-order valence-electron chi connectivity index (χ3n) is 4.82. The van der Waals surface area contributed by atoms with Crippen LogP contribution in [0.2, 0.25) is 0 Å². The van der Waals surface area contributed by atoms with Gasteiger partial charge in [-0.2, -0.15) is 0 Å². The Kier molecular flexibility index (Phi) is 3.53. The van der Waals surface area contributed by atoms with Crippen LogP contribution in [0.3, 0.4) is 0 Å².